The minimum absolute atomic E-state index is 0.0841. The molecule has 2 amide bonds. The van der Waals surface area contributed by atoms with Gasteiger partial charge >= 0.3 is 10.1 Å². The summed E-state index contributed by atoms with van der Waals surface area (Å²) < 4.78 is 32.1. The quantitative estimate of drug-likeness (QED) is 0.279. The number of rotatable bonds is 8. The van der Waals surface area contributed by atoms with Crippen molar-refractivity contribution in [1.82, 2.24) is 14.5 Å². The van der Waals surface area contributed by atoms with E-state index in [2.05, 4.69) is 10.3 Å². The van der Waals surface area contributed by atoms with E-state index >= 15 is 0 Å². The Labute approximate surface area is 246 Å². The van der Waals surface area contributed by atoms with Crippen molar-refractivity contribution in [2.75, 3.05) is 11.9 Å². The molecule has 9 nitrogen and oxygen atoms in total. The molecule has 0 bridgehead atoms. The number of aryl methyl sites for hydroxylation is 2. The van der Waals surface area contributed by atoms with Gasteiger partial charge in [-0.1, -0.05) is 48.5 Å². The Morgan fingerprint density at radius 2 is 1.64 bits per heavy atom. The Morgan fingerprint density at radius 1 is 0.976 bits per heavy atom. The second kappa shape index (κ2) is 11.6. The number of fused-ring (bicyclic) bond motifs is 1. The lowest BCUT2D eigenvalue weighted by Gasteiger charge is -2.25. The minimum atomic E-state index is -3.92. The number of para-hydroxylation sites is 4. The maximum absolute atomic E-state index is 13.6. The summed E-state index contributed by atoms with van der Waals surface area (Å²) in [6.07, 6.45) is 2.03. The van der Waals surface area contributed by atoms with E-state index in [0.717, 1.165) is 23.3 Å². The molecule has 0 aliphatic carbocycles. The van der Waals surface area contributed by atoms with Crippen LogP contribution in [0, 0.1) is 0 Å². The van der Waals surface area contributed by atoms with Gasteiger partial charge in [0, 0.05) is 43.2 Å². The average Bonchev–Trinajstić information content (AvgIpc) is 3.57. The number of benzene rings is 3. The van der Waals surface area contributed by atoms with Gasteiger partial charge in [0.15, 0.2) is 5.75 Å². The number of amides is 2. The van der Waals surface area contributed by atoms with Crippen molar-refractivity contribution < 1.29 is 22.2 Å². The first kappa shape index (κ1) is 29.3. The van der Waals surface area contributed by atoms with Gasteiger partial charge in [-0.25, -0.2) is 4.98 Å². The SMILES string of the molecule is Cn1c(CCC(=O)N2CCC[C@H]2C(=O)Nc2ccccc2-c2ccccc2OS(=O)(=O)C(C)(C)C)nc2ccccc21. The number of nitrogens with zero attached hydrogens (tertiary/aromatic N) is 3. The summed E-state index contributed by atoms with van der Waals surface area (Å²) in [7, 11) is -1.98. The molecule has 0 saturated carbocycles. The molecule has 0 unspecified atom stereocenters. The number of anilines is 1. The van der Waals surface area contributed by atoms with Gasteiger partial charge in [0.05, 0.1) is 15.8 Å². The number of hydrogen-bond acceptors (Lipinski definition) is 6. The first-order valence-corrected chi connectivity index (χ1v) is 15.5. The van der Waals surface area contributed by atoms with Gasteiger partial charge in [0.2, 0.25) is 11.8 Å². The maximum Gasteiger partial charge on any atom is 0.314 e. The highest BCUT2D eigenvalue weighted by Gasteiger charge is 2.35. The third kappa shape index (κ3) is 5.90. The van der Waals surface area contributed by atoms with Crippen LogP contribution in [0.25, 0.3) is 22.2 Å². The molecule has 5 rings (SSSR count). The summed E-state index contributed by atoms with van der Waals surface area (Å²) in [4.78, 5) is 33.2. The number of nitrogens with one attached hydrogen (secondary N) is 1. The van der Waals surface area contributed by atoms with Gasteiger partial charge in [0.25, 0.3) is 0 Å². The van der Waals surface area contributed by atoms with Crippen LogP contribution in [0.3, 0.4) is 0 Å². The number of imidazole rings is 1. The Morgan fingerprint density at radius 3 is 2.38 bits per heavy atom. The third-order valence-electron chi connectivity index (χ3n) is 7.63. The lowest BCUT2D eigenvalue weighted by molar-refractivity contribution is -0.136. The summed E-state index contributed by atoms with van der Waals surface area (Å²) in [6, 6.07) is 21.3. The summed E-state index contributed by atoms with van der Waals surface area (Å²) in [5.74, 6) is 0.637. The van der Waals surface area contributed by atoms with Crippen LogP contribution in [0.15, 0.2) is 72.8 Å². The molecule has 3 aromatic carbocycles. The minimum Gasteiger partial charge on any atom is -0.381 e. The predicted molar refractivity (Wildman–Crippen MR) is 164 cm³/mol. The summed E-state index contributed by atoms with van der Waals surface area (Å²) in [5, 5.41) is 3.00. The van der Waals surface area contributed by atoms with Gasteiger partial charge in [-0.2, -0.15) is 8.42 Å². The largest absolute Gasteiger partial charge is 0.381 e. The number of aromatic nitrogens is 2. The second-order valence-electron chi connectivity index (χ2n) is 11.5. The number of likely N-dealkylation sites (tertiary alicyclic amines) is 1. The molecule has 0 spiro atoms. The van der Waals surface area contributed by atoms with Crippen LogP contribution in [-0.4, -0.2) is 52.0 Å². The molecule has 2 heterocycles. The van der Waals surface area contributed by atoms with Gasteiger partial charge in [-0.15, -0.1) is 0 Å². The van der Waals surface area contributed by atoms with E-state index in [1.165, 1.54) is 0 Å². The van der Waals surface area contributed by atoms with Gasteiger partial charge < -0.3 is 19.0 Å². The summed E-state index contributed by atoms with van der Waals surface area (Å²) in [6.45, 7) is 5.24. The molecular formula is C32H36N4O5S. The van der Waals surface area contributed by atoms with E-state index in [4.69, 9.17) is 4.18 Å². The van der Waals surface area contributed by atoms with Gasteiger partial charge in [-0.05, 0) is 57.9 Å². The molecule has 0 radical (unpaired) electrons. The van der Waals surface area contributed by atoms with Gasteiger partial charge in [-0.3, -0.25) is 9.59 Å². The zero-order valence-electron chi connectivity index (χ0n) is 24.3. The van der Waals surface area contributed by atoms with E-state index in [1.54, 1.807) is 68.1 Å². The molecule has 1 fully saturated rings. The van der Waals surface area contributed by atoms with E-state index in [-0.39, 0.29) is 24.0 Å². The van der Waals surface area contributed by atoms with Crippen LogP contribution in [0.1, 0.15) is 45.9 Å². The molecule has 1 aliphatic heterocycles. The Balaban J connectivity index is 1.32. The van der Waals surface area contributed by atoms with E-state index in [9.17, 15) is 18.0 Å². The molecule has 42 heavy (non-hydrogen) atoms. The Hall–Kier alpha value is -4.18. The molecule has 1 aliphatic rings. The Kier molecular flexibility index (Phi) is 8.10. The summed E-state index contributed by atoms with van der Waals surface area (Å²) in [5.41, 5.74) is 3.56. The highest BCUT2D eigenvalue weighted by Crippen LogP contribution is 2.37. The fourth-order valence-corrected chi connectivity index (χ4v) is 5.80. The first-order valence-electron chi connectivity index (χ1n) is 14.1. The molecular weight excluding hydrogens is 552 g/mol. The van der Waals surface area contributed by atoms with Crippen molar-refractivity contribution in [3.8, 4) is 16.9 Å². The monoisotopic (exact) mass is 588 g/mol. The van der Waals surface area contributed by atoms with Crippen LogP contribution < -0.4 is 9.50 Å². The van der Waals surface area contributed by atoms with Crippen LogP contribution in [0.4, 0.5) is 5.69 Å². The van der Waals surface area contributed by atoms with Crippen molar-refractivity contribution in [1.29, 1.82) is 0 Å². The number of carbonyl (C=O) groups is 2. The third-order valence-corrected chi connectivity index (χ3v) is 9.53. The Bertz CT molecular complexity index is 1740. The zero-order chi connectivity index (χ0) is 30.1. The van der Waals surface area contributed by atoms with Crippen molar-refractivity contribution in [2.45, 2.75) is 57.2 Å². The van der Waals surface area contributed by atoms with Crippen molar-refractivity contribution in [3.05, 3.63) is 78.6 Å². The molecule has 10 heteroatoms. The molecule has 220 valence electrons. The van der Waals surface area contributed by atoms with Crippen LogP contribution in [-0.2, 0) is 33.2 Å². The van der Waals surface area contributed by atoms with Crippen LogP contribution in [0.2, 0.25) is 0 Å². The standard InChI is InChI=1S/C32H36N4O5S/c1-32(2,3)42(39,40)41-28-18-10-6-13-23(28)22-12-5-7-14-24(22)34-31(38)27-17-11-21-36(27)30(37)20-19-29-33-25-15-8-9-16-26(25)35(29)4/h5-10,12-16,18,27H,11,17,19-21H2,1-4H3,(H,34,38)/t27-/m0/s1. The highest BCUT2D eigenvalue weighted by molar-refractivity contribution is 7.88. The van der Waals surface area contributed by atoms with Crippen LogP contribution >= 0.6 is 0 Å². The lowest BCUT2D eigenvalue weighted by atomic mass is 10.0. The van der Waals surface area contributed by atoms with E-state index < -0.39 is 20.9 Å². The average molecular weight is 589 g/mol. The maximum atomic E-state index is 13.6. The van der Waals surface area contributed by atoms with Crippen molar-refractivity contribution in [2.24, 2.45) is 7.05 Å². The first-order chi connectivity index (χ1) is 20.0. The molecule has 1 aromatic heterocycles. The fraction of sp³-hybridized carbons (Fsp3) is 0.344. The number of carbonyl (C=O) groups excluding carboxylic acids is 2. The number of hydrogen-bond donors (Lipinski definition) is 1. The van der Waals surface area contributed by atoms with E-state index in [0.29, 0.717) is 36.2 Å². The fourth-order valence-electron chi connectivity index (χ4n) is 5.17. The lowest BCUT2D eigenvalue weighted by Crippen LogP contribution is -2.43. The highest BCUT2D eigenvalue weighted by atomic mass is 32.2. The predicted octanol–water partition coefficient (Wildman–Crippen LogP) is 5.31. The zero-order valence-corrected chi connectivity index (χ0v) is 25.1. The molecule has 1 saturated heterocycles. The molecule has 1 N–H and O–H groups in total. The van der Waals surface area contributed by atoms with Gasteiger partial charge in [0.1, 0.15) is 11.9 Å². The molecule has 4 aromatic rings. The second-order valence-corrected chi connectivity index (χ2v) is 13.8. The smallest absolute Gasteiger partial charge is 0.314 e. The topological polar surface area (TPSA) is 111 Å². The van der Waals surface area contributed by atoms with Crippen molar-refractivity contribution in [3.63, 3.8) is 0 Å². The van der Waals surface area contributed by atoms with Crippen molar-refractivity contribution >= 4 is 38.7 Å². The van der Waals surface area contributed by atoms with E-state index in [1.807, 2.05) is 41.9 Å². The van der Waals surface area contributed by atoms with Crippen LogP contribution in [0.5, 0.6) is 5.75 Å². The summed E-state index contributed by atoms with van der Waals surface area (Å²) >= 11 is 0. The molecule has 1 atom stereocenters. The normalized spacial score (nSPS) is 15.6.